The Balaban J connectivity index is 3.95. The molecule has 0 bridgehead atoms. The van der Waals surface area contributed by atoms with Crippen molar-refractivity contribution in [1.82, 2.24) is 5.32 Å². The van der Waals surface area contributed by atoms with Crippen molar-refractivity contribution in [3.05, 3.63) is 0 Å². The van der Waals surface area contributed by atoms with E-state index in [0.29, 0.717) is 0 Å². The highest BCUT2D eigenvalue weighted by Crippen LogP contribution is 2.19. The first-order chi connectivity index (χ1) is 7.30. The molecule has 0 aromatic rings. The SMILES string of the molecule is CCCC(C)(N)CNCC(C(C)C)C(C)C. The molecule has 0 aromatic heterocycles. The van der Waals surface area contributed by atoms with Gasteiger partial charge in [-0.25, -0.2) is 0 Å². The van der Waals surface area contributed by atoms with E-state index < -0.39 is 0 Å². The number of nitrogens with two attached hydrogens (primary N) is 1. The van der Waals surface area contributed by atoms with Crippen molar-refractivity contribution in [2.24, 2.45) is 23.5 Å². The van der Waals surface area contributed by atoms with Crippen LogP contribution in [0, 0.1) is 17.8 Å². The first-order valence-electron chi connectivity index (χ1n) is 6.79. The van der Waals surface area contributed by atoms with Crippen LogP contribution in [0.3, 0.4) is 0 Å². The average Bonchev–Trinajstić information content (AvgIpc) is 2.10. The summed E-state index contributed by atoms with van der Waals surface area (Å²) in [5, 5.41) is 3.55. The molecule has 2 nitrogen and oxygen atoms in total. The Bertz CT molecular complexity index is 166. The van der Waals surface area contributed by atoms with Gasteiger partial charge in [0, 0.05) is 12.1 Å². The predicted molar refractivity (Wildman–Crippen MR) is 73.5 cm³/mol. The second-order valence-corrected chi connectivity index (χ2v) is 6.19. The summed E-state index contributed by atoms with van der Waals surface area (Å²) in [6.45, 7) is 15.6. The monoisotopic (exact) mass is 228 g/mol. The Morgan fingerprint density at radius 3 is 2.00 bits per heavy atom. The summed E-state index contributed by atoms with van der Waals surface area (Å²) in [5.74, 6) is 2.22. The minimum atomic E-state index is -0.0484. The van der Waals surface area contributed by atoms with Gasteiger partial charge in [0.1, 0.15) is 0 Å². The lowest BCUT2D eigenvalue weighted by atomic mass is 9.85. The van der Waals surface area contributed by atoms with Gasteiger partial charge in [-0.3, -0.25) is 0 Å². The van der Waals surface area contributed by atoms with Crippen molar-refractivity contribution in [3.8, 4) is 0 Å². The topological polar surface area (TPSA) is 38.0 Å². The molecule has 0 aliphatic heterocycles. The minimum absolute atomic E-state index is 0.0484. The molecule has 1 unspecified atom stereocenters. The molecule has 0 aliphatic rings. The fourth-order valence-electron chi connectivity index (χ4n) is 2.43. The summed E-state index contributed by atoms with van der Waals surface area (Å²) >= 11 is 0. The van der Waals surface area contributed by atoms with Crippen LogP contribution in [-0.2, 0) is 0 Å². The summed E-state index contributed by atoms with van der Waals surface area (Å²) < 4.78 is 0. The second-order valence-electron chi connectivity index (χ2n) is 6.19. The average molecular weight is 228 g/mol. The summed E-state index contributed by atoms with van der Waals surface area (Å²) in [7, 11) is 0. The summed E-state index contributed by atoms with van der Waals surface area (Å²) in [6.07, 6.45) is 2.25. The number of nitrogens with one attached hydrogen (secondary N) is 1. The van der Waals surface area contributed by atoms with Gasteiger partial charge >= 0.3 is 0 Å². The molecule has 0 heterocycles. The van der Waals surface area contributed by atoms with Gasteiger partial charge in [-0.05, 0) is 37.6 Å². The van der Waals surface area contributed by atoms with Crippen molar-refractivity contribution < 1.29 is 0 Å². The zero-order valence-electron chi connectivity index (χ0n) is 12.1. The molecular formula is C14H32N2. The lowest BCUT2D eigenvalue weighted by Crippen LogP contribution is -2.47. The molecule has 1 atom stereocenters. The van der Waals surface area contributed by atoms with Crippen LogP contribution in [0.2, 0.25) is 0 Å². The maximum atomic E-state index is 6.20. The van der Waals surface area contributed by atoms with Gasteiger partial charge in [0.2, 0.25) is 0 Å². The van der Waals surface area contributed by atoms with Gasteiger partial charge in [-0.15, -0.1) is 0 Å². The highest BCUT2D eigenvalue weighted by atomic mass is 14.9. The molecule has 0 saturated heterocycles. The lowest BCUT2D eigenvalue weighted by Gasteiger charge is -2.29. The molecule has 0 amide bonds. The van der Waals surface area contributed by atoms with Crippen LogP contribution in [0.15, 0.2) is 0 Å². The Morgan fingerprint density at radius 1 is 1.12 bits per heavy atom. The predicted octanol–water partition coefficient (Wildman–Crippen LogP) is 3.02. The molecule has 0 fully saturated rings. The number of hydrogen-bond acceptors (Lipinski definition) is 2. The van der Waals surface area contributed by atoms with Crippen molar-refractivity contribution in [2.45, 2.75) is 59.9 Å². The molecule has 2 heteroatoms. The summed E-state index contributed by atoms with van der Waals surface area (Å²) in [5.41, 5.74) is 6.15. The Kier molecular flexibility index (Phi) is 7.25. The maximum absolute atomic E-state index is 6.20. The fourth-order valence-corrected chi connectivity index (χ4v) is 2.43. The zero-order chi connectivity index (χ0) is 12.8. The van der Waals surface area contributed by atoms with Gasteiger partial charge in [0.15, 0.2) is 0 Å². The maximum Gasteiger partial charge on any atom is 0.0252 e. The van der Waals surface area contributed by atoms with E-state index in [1.165, 1.54) is 0 Å². The van der Waals surface area contributed by atoms with Crippen LogP contribution in [0.4, 0.5) is 0 Å². The first-order valence-corrected chi connectivity index (χ1v) is 6.79. The van der Waals surface area contributed by atoms with E-state index in [2.05, 4.69) is 46.9 Å². The van der Waals surface area contributed by atoms with Gasteiger partial charge < -0.3 is 11.1 Å². The molecule has 3 N–H and O–H groups in total. The van der Waals surface area contributed by atoms with E-state index in [4.69, 9.17) is 5.73 Å². The summed E-state index contributed by atoms with van der Waals surface area (Å²) in [4.78, 5) is 0. The van der Waals surface area contributed by atoms with E-state index in [0.717, 1.165) is 43.7 Å². The molecule has 0 spiro atoms. The smallest absolute Gasteiger partial charge is 0.0252 e. The highest BCUT2D eigenvalue weighted by Gasteiger charge is 2.20. The minimum Gasteiger partial charge on any atom is -0.324 e. The van der Waals surface area contributed by atoms with Crippen LogP contribution in [0.1, 0.15) is 54.4 Å². The molecule has 98 valence electrons. The van der Waals surface area contributed by atoms with Crippen molar-refractivity contribution >= 4 is 0 Å². The van der Waals surface area contributed by atoms with E-state index >= 15 is 0 Å². The third-order valence-corrected chi connectivity index (χ3v) is 3.44. The first kappa shape index (κ1) is 15.9. The van der Waals surface area contributed by atoms with E-state index in [1.807, 2.05) is 0 Å². The quantitative estimate of drug-likeness (QED) is 0.670. The Morgan fingerprint density at radius 2 is 1.62 bits per heavy atom. The molecule has 0 saturated carbocycles. The summed E-state index contributed by atoms with van der Waals surface area (Å²) in [6, 6.07) is 0. The van der Waals surface area contributed by atoms with E-state index in [1.54, 1.807) is 0 Å². The zero-order valence-corrected chi connectivity index (χ0v) is 12.1. The van der Waals surface area contributed by atoms with Crippen LogP contribution in [0.25, 0.3) is 0 Å². The van der Waals surface area contributed by atoms with Gasteiger partial charge in [-0.2, -0.15) is 0 Å². The fraction of sp³-hybridized carbons (Fsp3) is 1.00. The normalized spacial score (nSPS) is 16.1. The van der Waals surface area contributed by atoms with Crippen molar-refractivity contribution in [1.29, 1.82) is 0 Å². The van der Waals surface area contributed by atoms with E-state index in [9.17, 15) is 0 Å². The standard InChI is InChI=1S/C14H32N2/c1-7-8-14(6,15)10-16-9-13(11(2)3)12(4)5/h11-13,16H,7-10,15H2,1-6H3. The van der Waals surface area contributed by atoms with Crippen molar-refractivity contribution in [2.75, 3.05) is 13.1 Å². The number of rotatable bonds is 8. The molecule has 0 aliphatic carbocycles. The van der Waals surface area contributed by atoms with Crippen LogP contribution < -0.4 is 11.1 Å². The van der Waals surface area contributed by atoms with Crippen LogP contribution in [0.5, 0.6) is 0 Å². The highest BCUT2D eigenvalue weighted by molar-refractivity contribution is 4.81. The lowest BCUT2D eigenvalue weighted by molar-refractivity contribution is 0.264. The Hall–Kier alpha value is -0.0800. The Labute approximate surface area is 102 Å². The molecule has 0 radical (unpaired) electrons. The van der Waals surface area contributed by atoms with Crippen LogP contribution in [-0.4, -0.2) is 18.6 Å². The van der Waals surface area contributed by atoms with Gasteiger partial charge in [0.25, 0.3) is 0 Å². The van der Waals surface area contributed by atoms with Crippen molar-refractivity contribution in [3.63, 3.8) is 0 Å². The van der Waals surface area contributed by atoms with Gasteiger partial charge in [0.05, 0.1) is 0 Å². The third kappa shape index (κ3) is 6.49. The van der Waals surface area contributed by atoms with E-state index in [-0.39, 0.29) is 5.54 Å². The molecule has 16 heavy (non-hydrogen) atoms. The molecule has 0 rings (SSSR count). The second kappa shape index (κ2) is 7.29. The third-order valence-electron chi connectivity index (χ3n) is 3.44. The van der Waals surface area contributed by atoms with Gasteiger partial charge in [-0.1, -0.05) is 41.0 Å². The number of hydrogen-bond donors (Lipinski definition) is 2. The molecular weight excluding hydrogens is 196 g/mol. The van der Waals surface area contributed by atoms with Crippen LogP contribution >= 0.6 is 0 Å². The largest absolute Gasteiger partial charge is 0.324 e. The molecule has 0 aromatic carbocycles.